The van der Waals surface area contributed by atoms with Crippen LogP contribution in [0.4, 0.5) is 0 Å². The molecule has 0 aromatic carbocycles. The van der Waals surface area contributed by atoms with Crippen LogP contribution in [0.25, 0.3) is 0 Å². The lowest BCUT2D eigenvalue weighted by Crippen LogP contribution is -2.44. The van der Waals surface area contributed by atoms with Gasteiger partial charge in [-0.1, -0.05) is 5.16 Å². The van der Waals surface area contributed by atoms with Crippen molar-refractivity contribution in [2.75, 3.05) is 13.2 Å². The highest BCUT2D eigenvalue weighted by molar-refractivity contribution is 6.01. The van der Waals surface area contributed by atoms with E-state index in [-0.39, 0.29) is 24.4 Å². The van der Waals surface area contributed by atoms with Gasteiger partial charge >= 0.3 is 0 Å². The van der Waals surface area contributed by atoms with Gasteiger partial charge in [0.05, 0.1) is 18.6 Å². The van der Waals surface area contributed by atoms with Crippen molar-refractivity contribution in [2.24, 2.45) is 16.8 Å². The molecule has 6 nitrogen and oxygen atoms in total. The van der Waals surface area contributed by atoms with Crippen LogP contribution in [-0.2, 0) is 4.79 Å². The van der Waals surface area contributed by atoms with Gasteiger partial charge in [-0.05, 0) is 19.8 Å². The minimum atomic E-state index is -0.637. The highest BCUT2D eigenvalue weighted by Gasteiger charge is 2.32. The molecular formula is C9H17N3O3. The smallest absolute Gasteiger partial charge is 0.233 e. The fourth-order valence-electron chi connectivity index (χ4n) is 1.78. The van der Waals surface area contributed by atoms with E-state index in [1.54, 1.807) is 11.8 Å². The number of nitrogens with zero attached hydrogens (tertiary/aromatic N) is 2. The van der Waals surface area contributed by atoms with Crippen LogP contribution in [0.15, 0.2) is 5.16 Å². The number of likely N-dealkylation sites (tertiary alicyclic amines) is 1. The molecule has 1 fully saturated rings. The molecule has 2 atom stereocenters. The molecule has 86 valence electrons. The number of hydrogen-bond acceptors (Lipinski definition) is 4. The number of nitrogens with two attached hydrogens (primary N) is 1. The first-order valence-corrected chi connectivity index (χ1v) is 5.00. The molecule has 1 rings (SSSR count). The zero-order chi connectivity index (χ0) is 11.4. The Kier molecular flexibility index (Phi) is 3.90. The monoisotopic (exact) mass is 215 g/mol. The van der Waals surface area contributed by atoms with Crippen molar-refractivity contribution >= 4 is 11.7 Å². The van der Waals surface area contributed by atoms with Crippen molar-refractivity contribution in [1.82, 2.24) is 4.90 Å². The summed E-state index contributed by atoms with van der Waals surface area (Å²) >= 11 is 0. The van der Waals surface area contributed by atoms with Crippen LogP contribution in [0.1, 0.15) is 19.8 Å². The lowest BCUT2D eigenvalue weighted by Gasteiger charge is -2.25. The van der Waals surface area contributed by atoms with Crippen LogP contribution < -0.4 is 5.73 Å². The molecule has 2 unspecified atom stereocenters. The maximum atomic E-state index is 11.9. The summed E-state index contributed by atoms with van der Waals surface area (Å²) in [5, 5.41) is 20.3. The first-order chi connectivity index (χ1) is 7.11. The molecule has 0 bridgehead atoms. The summed E-state index contributed by atoms with van der Waals surface area (Å²) in [5.41, 5.74) is 5.36. The Balaban J connectivity index is 2.67. The highest BCUT2D eigenvalue weighted by atomic mass is 16.4. The average Bonchev–Trinajstić information content (AvgIpc) is 2.73. The van der Waals surface area contributed by atoms with Crippen LogP contribution >= 0.6 is 0 Å². The van der Waals surface area contributed by atoms with E-state index in [0.29, 0.717) is 6.54 Å². The number of carbonyl (C=O) groups excluding carboxylic acids is 1. The molecule has 0 aromatic heterocycles. The summed E-state index contributed by atoms with van der Waals surface area (Å²) in [5.74, 6) is -0.924. The Morgan fingerprint density at radius 2 is 2.40 bits per heavy atom. The Morgan fingerprint density at radius 1 is 1.73 bits per heavy atom. The fourth-order valence-corrected chi connectivity index (χ4v) is 1.78. The van der Waals surface area contributed by atoms with Gasteiger partial charge in [0, 0.05) is 6.54 Å². The normalized spacial score (nSPS) is 24.3. The van der Waals surface area contributed by atoms with E-state index in [1.165, 1.54) is 0 Å². The molecule has 1 heterocycles. The molecule has 0 aromatic rings. The van der Waals surface area contributed by atoms with E-state index in [4.69, 9.17) is 16.0 Å². The standard InChI is InChI=1S/C9H17N3O3/c1-6(8(10)11-15)9(14)12-4-2-3-7(12)5-13/h6-7,13,15H,2-5H2,1H3,(H2,10,11). The van der Waals surface area contributed by atoms with Crippen LogP contribution in [0.2, 0.25) is 0 Å². The number of oxime groups is 1. The number of amides is 1. The van der Waals surface area contributed by atoms with Gasteiger partial charge in [-0.2, -0.15) is 0 Å². The summed E-state index contributed by atoms with van der Waals surface area (Å²) in [6.45, 7) is 2.19. The van der Waals surface area contributed by atoms with Gasteiger partial charge in [0.2, 0.25) is 5.91 Å². The number of aliphatic hydroxyl groups is 1. The summed E-state index contributed by atoms with van der Waals surface area (Å²) in [7, 11) is 0. The quantitative estimate of drug-likeness (QED) is 0.252. The van der Waals surface area contributed by atoms with Crippen LogP contribution in [-0.4, -0.2) is 46.1 Å². The zero-order valence-corrected chi connectivity index (χ0v) is 8.76. The molecule has 1 aliphatic heterocycles. The summed E-state index contributed by atoms with van der Waals surface area (Å²) < 4.78 is 0. The van der Waals surface area contributed by atoms with Crippen molar-refractivity contribution in [2.45, 2.75) is 25.8 Å². The second-order valence-electron chi connectivity index (χ2n) is 3.76. The van der Waals surface area contributed by atoms with Gasteiger partial charge in [0.25, 0.3) is 0 Å². The summed E-state index contributed by atoms with van der Waals surface area (Å²) in [4.78, 5) is 13.5. The third-order valence-electron chi connectivity index (χ3n) is 2.80. The zero-order valence-electron chi connectivity index (χ0n) is 8.76. The third-order valence-corrected chi connectivity index (χ3v) is 2.80. The SMILES string of the molecule is CC(C(=O)N1CCCC1CO)/C(N)=N/O. The van der Waals surface area contributed by atoms with Crippen molar-refractivity contribution < 1.29 is 15.1 Å². The third kappa shape index (κ3) is 2.38. The lowest BCUT2D eigenvalue weighted by molar-refractivity contribution is -0.134. The van der Waals surface area contributed by atoms with Crippen molar-refractivity contribution in [3.63, 3.8) is 0 Å². The fraction of sp³-hybridized carbons (Fsp3) is 0.778. The molecule has 0 aliphatic carbocycles. The average molecular weight is 215 g/mol. The largest absolute Gasteiger partial charge is 0.409 e. The van der Waals surface area contributed by atoms with Gasteiger partial charge in [-0.15, -0.1) is 0 Å². The number of amidine groups is 1. The first kappa shape index (κ1) is 11.8. The van der Waals surface area contributed by atoms with Gasteiger partial charge < -0.3 is 20.9 Å². The van der Waals surface area contributed by atoms with Gasteiger partial charge in [-0.3, -0.25) is 4.79 Å². The van der Waals surface area contributed by atoms with E-state index in [1.807, 2.05) is 0 Å². The van der Waals surface area contributed by atoms with E-state index < -0.39 is 5.92 Å². The summed E-state index contributed by atoms with van der Waals surface area (Å²) in [6, 6.07) is -0.119. The Bertz CT molecular complexity index is 267. The Labute approximate surface area is 88.4 Å². The molecule has 0 radical (unpaired) electrons. The molecule has 1 saturated heterocycles. The van der Waals surface area contributed by atoms with Crippen LogP contribution in [0, 0.1) is 5.92 Å². The van der Waals surface area contributed by atoms with Crippen molar-refractivity contribution in [1.29, 1.82) is 0 Å². The van der Waals surface area contributed by atoms with Gasteiger partial charge in [-0.25, -0.2) is 0 Å². The second-order valence-corrected chi connectivity index (χ2v) is 3.76. The maximum absolute atomic E-state index is 11.9. The molecule has 6 heteroatoms. The predicted octanol–water partition coefficient (Wildman–Crippen LogP) is -0.648. The minimum Gasteiger partial charge on any atom is -0.409 e. The van der Waals surface area contributed by atoms with E-state index in [0.717, 1.165) is 12.8 Å². The van der Waals surface area contributed by atoms with E-state index >= 15 is 0 Å². The molecule has 4 N–H and O–H groups in total. The van der Waals surface area contributed by atoms with Crippen molar-refractivity contribution in [3.8, 4) is 0 Å². The molecule has 0 saturated carbocycles. The highest BCUT2D eigenvalue weighted by Crippen LogP contribution is 2.19. The molecule has 1 amide bonds. The molecule has 1 aliphatic rings. The minimum absolute atomic E-state index is 0.0331. The van der Waals surface area contributed by atoms with Crippen LogP contribution in [0.3, 0.4) is 0 Å². The number of rotatable bonds is 3. The number of aliphatic hydroxyl groups excluding tert-OH is 1. The summed E-state index contributed by atoms with van der Waals surface area (Å²) in [6.07, 6.45) is 1.70. The van der Waals surface area contributed by atoms with E-state index in [9.17, 15) is 4.79 Å². The number of hydrogen-bond donors (Lipinski definition) is 3. The maximum Gasteiger partial charge on any atom is 0.233 e. The topological polar surface area (TPSA) is 99.2 Å². The number of carbonyl (C=O) groups is 1. The van der Waals surface area contributed by atoms with E-state index in [2.05, 4.69) is 5.16 Å². The van der Waals surface area contributed by atoms with Crippen LogP contribution in [0.5, 0.6) is 0 Å². The molecule has 15 heavy (non-hydrogen) atoms. The van der Waals surface area contributed by atoms with Crippen molar-refractivity contribution in [3.05, 3.63) is 0 Å². The molecule has 0 spiro atoms. The Morgan fingerprint density at radius 3 is 2.93 bits per heavy atom. The lowest BCUT2D eigenvalue weighted by atomic mass is 10.1. The predicted molar refractivity (Wildman–Crippen MR) is 54.4 cm³/mol. The first-order valence-electron chi connectivity index (χ1n) is 5.00. The second kappa shape index (κ2) is 4.97. The van der Waals surface area contributed by atoms with Gasteiger partial charge in [0.15, 0.2) is 5.84 Å². The van der Waals surface area contributed by atoms with Gasteiger partial charge in [0.1, 0.15) is 0 Å². The Hall–Kier alpha value is -1.30. The molecular weight excluding hydrogens is 198 g/mol.